The average molecular weight is 262 g/mol. The van der Waals surface area contributed by atoms with Crippen molar-refractivity contribution in [3.8, 4) is 5.88 Å². The van der Waals surface area contributed by atoms with Crippen LogP contribution in [0.25, 0.3) is 0 Å². The van der Waals surface area contributed by atoms with E-state index < -0.39 is 5.60 Å². The Morgan fingerprint density at radius 1 is 1.26 bits per heavy atom. The Bertz CT molecular complexity index is 573. The Morgan fingerprint density at radius 2 is 1.95 bits per heavy atom. The minimum atomic E-state index is -1.36. The number of aliphatic hydroxyl groups is 1. The van der Waals surface area contributed by atoms with Gasteiger partial charge in [-0.3, -0.25) is 4.98 Å². The third kappa shape index (κ3) is 2.88. The molecule has 2 aromatic rings. The minimum absolute atomic E-state index is 0.0920. The molecule has 0 saturated carbocycles. The predicted octanol–water partition coefficient (Wildman–Crippen LogP) is 2.07. The van der Waals surface area contributed by atoms with Gasteiger partial charge in [0.25, 0.3) is 0 Å². The van der Waals surface area contributed by atoms with Crippen LogP contribution in [0, 0.1) is 5.82 Å². The molecule has 1 aromatic heterocycles. The number of rotatable bonds is 4. The molecule has 0 aliphatic rings. The third-order valence-electron chi connectivity index (χ3n) is 2.86. The van der Waals surface area contributed by atoms with Gasteiger partial charge in [-0.05, 0) is 18.6 Å². The molecule has 0 spiro atoms. The van der Waals surface area contributed by atoms with Gasteiger partial charge < -0.3 is 9.84 Å². The van der Waals surface area contributed by atoms with Crippen LogP contribution in [-0.4, -0.2) is 22.2 Å². The highest BCUT2D eigenvalue weighted by Crippen LogP contribution is 2.29. The van der Waals surface area contributed by atoms with Crippen molar-refractivity contribution in [1.29, 1.82) is 0 Å². The molecule has 0 saturated heterocycles. The molecule has 0 aliphatic carbocycles. The first-order chi connectivity index (χ1) is 9.04. The van der Waals surface area contributed by atoms with Gasteiger partial charge in [-0.25, -0.2) is 9.37 Å². The van der Waals surface area contributed by atoms with E-state index in [1.54, 1.807) is 25.1 Å². The normalized spacial score (nSPS) is 13.9. The zero-order valence-corrected chi connectivity index (χ0v) is 10.8. The van der Waals surface area contributed by atoms with Crippen LogP contribution in [0.15, 0.2) is 36.7 Å². The maximum absolute atomic E-state index is 13.6. The van der Waals surface area contributed by atoms with Gasteiger partial charge in [0, 0.05) is 18.8 Å². The molecule has 1 heterocycles. The lowest BCUT2D eigenvalue weighted by Crippen LogP contribution is -2.27. The highest BCUT2D eigenvalue weighted by Gasteiger charge is 2.30. The number of methoxy groups -OCH3 is 1. The summed E-state index contributed by atoms with van der Waals surface area (Å²) >= 11 is 0. The summed E-state index contributed by atoms with van der Waals surface area (Å²) in [6.45, 7) is 1.56. The van der Waals surface area contributed by atoms with E-state index in [-0.39, 0.29) is 18.1 Å². The van der Waals surface area contributed by atoms with Crippen molar-refractivity contribution in [1.82, 2.24) is 9.97 Å². The van der Waals surface area contributed by atoms with Crippen LogP contribution < -0.4 is 4.74 Å². The number of benzene rings is 1. The summed E-state index contributed by atoms with van der Waals surface area (Å²) in [5.74, 6) is -0.116. The number of aromatic nitrogens is 2. The van der Waals surface area contributed by atoms with Crippen molar-refractivity contribution in [2.75, 3.05) is 7.11 Å². The number of ether oxygens (including phenoxy) is 1. The van der Waals surface area contributed by atoms with Gasteiger partial charge in [0.05, 0.1) is 7.11 Å². The van der Waals surface area contributed by atoms with E-state index >= 15 is 0 Å². The van der Waals surface area contributed by atoms with Crippen LogP contribution in [0.4, 0.5) is 4.39 Å². The van der Waals surface area contributed by atoms with E-state index in [0.29, 0.717) is 11.3 Å². The van der Waals surface area contributed by atoms with Crippen molar-refractivity contribution in [3.05, 3.63) is 53.7 Å². The second-order valence-corrected chi connectivity index (χ2v) is 4.46. The van der Waals surface area contributed by atoms with Gasteiger partial charge in [-0.15, -0.1) is 0 Å². The predicted molar refractivity (Wildman–Crippen MR) is 68.3 cm³/mol. The zero-order chi connectivity index (χ0) is 13.9. The summed E-state index contributed by atoms with van der Waals surface area (Å²) in [6.07, 6.45) is 3.03. The van der Waals surface area contributed by atoms with Gasteiger partial charge in [0.15, 0.2) is 0 Å². The molecule has 1 unspecified atom stereocenters. The number of halogens is 1. The SMILES string of the molecule is COc1nccnc1C(C)(O)Cc1ccccc1F. The van der Waals surface area contributed by atoms with Gasteiger partial charge >= 0.3 is 0 Å². The Morgan fingerprint density at radius 3 is 2.63 bits per heavy atom. The maximum Gasteiger partial charge on any atom is 0.238 e. The topological polar surface area (TPSA) is 55.2 Å². The highest BCUT2D eigenvalue weighted by molar-refractivity contribution is 5.28. The summed E-state index contributed by atoms with van der Waals surface area (Å²) in [6, 6.07) is 6.32. The second-order valence-electron chi connectivity index (χ2n) is 4.46. The number of nitrogens with zero attached hydrogens (tertiary/aromatic N) is 2. The fourth-order valence-corrected chi connectivity index (χ4v) is 1.94. The fourth-order valence-electron chi connectivity index (χ4n) is 1.94. The molecule has 0 amide bonds. The van der Waals surface area contributed by atoms with Crippen LogP contribution in [0.5, 0.6) is 5.88 Å². The van der Waals surface area contributed by atoms with Crippen molar-refractivity contribution in [2.45, 2.75) is 18.9 Å². The first-order valence-corrected chi connectivity index (χ1v) is 5.86. The first-order valence-electron chi connectivity index (χ1n) is 5.86. The maximum atomic E-state index is 13.6. The molecule has 2 rings (SSSR count). The molecule has 5 heteroatoms. The van der Waals surface area contributed by atoms with E-state index in [9.17, 15) is 9.50 Å². The molecule has 0 fully saturated rings. The fraction of sp³-hybridized carbons (Fsp3) is 0.286. The number of hydrogen-bond acceptors (Lipinski definition) is 4. The van der Waals surface area contributed by atoms with Gasteiger partial charge in [-0.2, -0.15) is 0 Å². The summed E-state index contributed by atoms with van der Waals surface area (Å²) in [5, 5.41) is 10.5. The lowest BCUT2D eigenvalue weighted by Gasteiger charge is -2.24. The Balaban J connectivity index is 2.35. The molecule has 1 N–H and O–H groups in total. The average Bonchev–Trinajstić information content (AvgIpc) is 2.41. The largest absolute Gasteiger partial charge is 0.480 e. The third-order valence-corrected chi connectivity index (χ3v) is 2.86. The van der Waals surface area contributed by atoms with E-state index in [4.69, 9.17) is 4.74 Å². The second kappa shape index (κ2) is 5.32. The monoisotopic (exact) mass is 262 g/mol. The number of hydrogen-bond donors (Lipinski definition) is 1. The molecule has 4 nitrogen and oxygen atoms in total. The van der Waals surface area contributed by atoms with Crippen molar-refractivity contribution in [3.63, 3.8) is 0 Å². The Hall–Kier alpha value is -2.01. The molecule has 19 heavy (non-hydrogen) atoms. The van der Waals surface area contributed by atoms with Crippen molar-refractivity contribution in [2.24, 2.45) is 0 Å². The van der Waals surface area contributed by atoms with Gasteiger partial charge in [0.1, 0.15) is 17.1 Å². The van der Waals surface area contributed by atoms with Crippen LogP contribution in [-0.2, 0) is 12.0 Å². The van der Waals surface area contributed by atoms with E-state index in [2.05, 4.69) is 9.97 Å². The summed E-state index contributed by atoms with van der Waals surface area (Å²) in [7, 11) is 1.45. The molecular weight excluding hydrogens is 247 g/mol. The summed E-state index contributed by atoms with van der Waals surface area (Å²) in [4.78, 5) is 8.08. The van der Waals surface area contributed by atoms with E-state index in [0.717, 1.165) is 0 Å². The van der Waals surface area contributed by atoms with Crippen LogP contribution in [0.1, 0.15) is 18.2 Å². The van der Waals surface area contributed by atoms with Crippen molar-refractivity contribution >= 4 is 0 Å². The lowest BCUT2D eigenvalue weighted by atomic mass is 9.93. The standard InChI is InChI=1S/C14H15FN2O2/c1-14(18,9-10-5-3-4-6-11(10)15)12-13(19-2)17-8-7-16-12/h3-8,18H,9H2,1-2H3. The lowest BCUT2D eigenvalue weighted by molar-refractivity contribution is 0.0485. The molecule has 100 valence electrons. The highest BCUT2D eigenvalue weighted by atomic mass is 19.1. The summed E-state index contributed by atoms with van der Waals surface area (Å²) < 4.78 is 18.7. The van der Waals surface area contributed by atoms with Crippen molar-refractivity contribution < 1.29 is 14.2 Å². The van der Waals surface area contributed by atoms with E-state index in [1.165, 1.54) is 25.6 Å². The molecule has 0 radical (unpaired) electrons. The van der Waals surface area contributed by atoms with Crippen LogP contribution in [0.3, 0.4) is 0 Å². The molecule has 1 aromatic carbocycles. The molecule has 0 bridgehead atoms. The molecular formula is C14H15FN2O2. The van der Waals surface area contributed by atoms with Crippen LogP contribution in [0.2, 0.25) is 0 Å². The molecule has 1 atom stereocenters. The first kappa shape index (κ1) is 13.4. The van der Waals surface area contributed by atoms with Gasteiger partial charge in [0.2, 0.25) is 5.88 Å². The van der Waals surface area contributed by atoms with Crippen LogP contribution >= 0.6 is 0 Å². The summed E-state index contributed by atoms with van der Waals surface area (Å²) in [5.41, 5.74) is -0.650. The smallest absolute Gasteiger partial charge is 0.238 e. The Kier molecular flexibility index (Phi) is 3.76. The molecule has 0 aliphatic heterocycles. The quantitative estimate of drug-likeness (QED) is 0.916. The zero-order valence-electron chi connectivity index (χ0n) is 10.8. The minimum Gasteiger partial charge on any atom is -0.480 e. The Labute approximate surface area is 110 Å². The van der Waals surface area contributed by atoms with Gasteiger partial charge in [-0.1, -0.05) is 18.2 Å². The van der Waals surface area contributed by atoms with E-state index in [1.807, 2.05) is 0 Å².